The zero-order chi connectivity index (χ0) is 13.0. The van der Waals surface area contributed by atoms with Crippen molar-refractivity contribution < 1.29 is 9.84 Å². The number of benzene rings is 1. The second kappa shape index (κ2) is 6.05. The van der Waals surface area contributed by atoms with Gasteiger partial charge < -0.3 is 9.84 Å². The molecule has 0 bridgehead atoms. The van der Waals surface area contributed by atoms with Crippen molar-refractivity contribution in [3.05, 3.63) is 57.8 Å². The van der Waals surface area contributed by atoms with Crippen LogP contribution < -0.4 is 4.74 Å². The number of rotatable bonds is 4. The minimum Gasteiger partial charge on any atom is -0.488 e. The minimum absolute atomic E-state index is 0.160. The first-order chi connectivity index (χ1) is 8.70. The first-order valence-corrected chi connectivity index (χ1v) is 6.09. The molecular weight excluding hydrogens is 273 g/mol. The summed E-state index contributed by atoms with van der Waals surface area (Å²) in [5.74, 6) is 0.450. The van der Waals surface area contributed by atoms with Crippen LogP contribution in [0.5, 0.6) is 5.75 Å². The Morgan fingerprint density at radius 1 is 1.17 bits per heavy atom. The van der Waals surface area contributed by atoms with Gasteiger partial charge in [0.2, 0.25) is 0 Å². The number of aliphatic hydroxyl groups is 1. The molecule has 0 aliphatic heterocycles. The van der Waals surface area contributed by atoms with Crippen LogP contribution in [0.15, 0.2) is 36.4 Å². The molecule has 0 radical (unpaired) electrons. The fraction of sp³-hybridized carbons (Fsp3) is 0.154. The summed E-state index contributed by atoms with van der Waals surface area (Å²) in [6.07, 6.45) is 0. The molecule has 0 spiro atoms. The molecule has 5 heteroatoms. The zero-order valence-electron chi connectivity index (χ0n) is 9.44. The molecule has 2 rings (SSSR count). The molecule has 0 aliphatic rings. The zero-order valence-corrected chi connectivity index (χ0v) is 10.9. The van der Waals surface area contributed by atoms with E-state index in [2.05, 4.69) is 4.98 Å². The second-order valence-corrected chi connectivity index (χ2v) is 4.39. The highest BCUT2D eigenvalue weighted by atomic mass is 35.5. The van der Waals surface area contributed by atoms with Crippen molar-refractivity contribution in [3.63, 3.8) is 0 Å². The average molecular weight is 284 g/mol. The highest BCUT2D eigenvalue weighted by Crippen LogP contribution is 2.28. The third-order valence-corrected chi connectivity index (χ3v) is 2.90. The lowest BCUT2D eigenvalue weighted by Crippen LogP contribution is -2.00. The van der Waals surface area contributed by atoms with Crippen molar-refractivity contribution in [3.8, 4) is 5.75 Å². The monoisotopic (exact) mass is 283 g/mol. The Kier molecular flexibility index (Phi) is 4.42. The second-order valence-electron chi connectivity index (χ2n) is 3.64. The molecule has 18 heavy (non-hydrogen) atoms. The maximum absolute atomic E-state index is 9.24. The van der Waals surface area contributed by atoms with Gasteiger partial charge in [0, 0.05) is 6.07 Å². The Balaban J connectivity index is 2.18. The lowest BCUT2D eigenvalue weighted by atomic mass is 10.2. The summed E-state index contributed by atoms with van der Waals surface area (Å²) < 4.78 is 5.61. The van der Waals surface area contributed by atoms with Crippen molar-refractivity contribution >= 4 is 23.2 Å². The van der Waals surface area contributed by atoms with Gasteiger partial charge in [0.15, 0.2) is 0 Å². The van der Waals surface area contributed by atoms with Crippen LogP contribution in [0.25, 0.3) is 0 Å². The molecule has 2 aromatic rings. The van der Waals surface area contributed by atoms with Crippen LogP contribution in [-0.4, -0.2) is 10.1 Å². The van der Waals surface area contributed by atoms with Gasteiger partial charge in [-0.15, -0.1) is 0 Å². The summed E-state index contributed by atoms with van der Waals surface area (Å²) in [7, 11) is 0. The van der Waals surface area contributed by atoms with Crippen molar-refractivity contribution in [2.75, 3.05) is 0 Å². The van der Waals surface area contributed by atoms with Crippen LogP contribution in [0.3, 0.4) is 0 Å². The molecule has 1 N–H and O–H groups in total. The number of pyridine rings is 1. The average Bonchev–Trinajstić information content (AvgIpc) is 2.37. The van der Waals surface area contributed by atoms with Crippen molar-refractivity contribution in [2.45, 2.75) is 13.2 Å². The summed E-state index contributed by atoms with van der Waals surface area (Å²) in [4.78, 5) is 3.85. The highest BCUT2D eigenvalue weighted by Gasteiger charge is 2.11. The van der Waals surface area contributed by atoms with Gasteiger partial charge in [0.25, 0.3) is 0 Å². The highest BCUT2D eigenvalue weighted by molar-refractivity contribution is 6.33. The molecule has 0 saturated carbocycles. The topological polar surface area (TPSA) is 42.4 Å². The molecule has 0 amide bonds. The quantitative estimate of drug-likeness (QED) is 0.874. The molecule has 0 unspecified atom stereocenters. The maximum Gasteiger partial charge on any atom is 0.140 e. The Hall–Kier alpha value is -1.29. The molecule has 1 aromatic carbocycles. The van der Waals surface area contributed by atoms with E-state index < -0.39 is 0 Å². The lowest BCUT2D eigenvalue weighted by molar-refractivity contribution is 0.258. The number of halogens is 2. The predicted octanol–water partition coefficient (Wildman–Crippen LogP) is 3.46. The fourth-order valence-electron chi connectivity index (χ4n) is 1.50. The van der Waals surface area contributed by atoms with Crippen LogP contribution >= 0.6 is 23.2 Å². The molecule has 3 nitrogen and oxygen atoms in total. The van der Waals surface area contributed by atoms with E-state index >= 15 is 0 Å². The van der Waals surface area contributed by atoms with Gasteiger partial charge in [-0.05, 0) is 5.56 Å². The van der Waals surface area contributed by atoms with E-state index in [1.165, 1.54) is 0 Å². The molecule has 0 atom stereocenters. The van der Waals surface area contributed by atoms with Crippen LogP contribution in [0.1, 0.15) is 11.1 Å². The third-order valence-electron chi connectivity index (χ3n) is 2.40. The summed E-state index contributed by atoms with van der Waals surface area (Å²) in [5.41, 5.74) is 1.46. The van der Waals surface area contributed by atoms with Crippen molar-refractivity contribution in [2.24, 2.45) is 0 Å². The van der Waals surface area contributed by atoms with E-state index in [0.717, 1.165) is 5.56 Å². The molecule has 1 heterocycles. The van der Waals surface area contributed by atoms with E-state index in [9.17, 15) is 5.11 Å². The van der Waals surface area contributed by atoms with Gasteiger partial charge in [-0.25, -0.2) is 4.98 Å². The van der Waals surface area contributed by atoms with E-state index in [1.807, 2.05) is 30.3 Å². The van der Waals surface area contributed by atoms with Gasteiger partial charge in [0.1, 0.15) is 22.7 Å². The largest absolute Gasteiger partial charge is 0.488 e. The molecule has 1 aromatic heterocycles. The minimum atomic E-state index is -0.243. The van der Waals surface area contributed by atoms with Gasteiger partial charge in [-0.2, -0.15) is 0 Å². The standard InChI is InChI=1S/C13H11Cl2NO2/c14-12-6-11(10(7-17)13(15)16-12)18-8-9-4-2-1-3-5-9/h1-6,17H,7-8H2. The van der Waals surface area contributed by atoms with E-state index in [4.69, 9.17) is 27.9 Å². The van der Waals surface area contributed by atoms with E-state index in [-0.39, 0.29) is 16.9 Å². The summed E-state index contributed by atoms with van der Waals surface area (Å²) in [5, 5.41) is 9.64. The fourth-order valence-corrected chi connectivity index (χ4v) is 1.97. The van der Waals surface area contributed by atoms with Gasteiger partial charge in [-0.1, -0.05) is 53.5 Å². The molecule has 94 valence electrons. The number of aromatic nitrogens is 1. The van der Waals surface area contributed by atoms with Gasteiger partial charge in [-0.3, -0.25) is 0 Å². The van der Waals surface area contributed by atoms with Crippen molar-refractivity contribution in [1.29, 1.82) is 0 Å². The van der Waals surface area contributed by atoms with Gasteiger partial charge in [0.05, 0.1) is 12.2 Å². The summed E-state index contributed by atoms with van der Waals surface area (Å²) in [6.45, 7) is 0.137. The number of hydrogen-bond donors (Lipinski definition) is 1. The predicted molar refractivity (Wildman–Crippen MR) is 71.0 cm³/mol. The molecule has 0 saturated heterocycles. The molecular formula is C13H11Cl2NO2. The number of aliphatic hydroxyl groups excluding tert-OH is 1. The van der Waals surface area contributed by atoms with Crippen LogP contribution in [0.2, 0.25) is 10.3 Å². The number of nitrogens with zero attached hydrogens (tertiary/aromatic N) is 1. The third kappa shape index (κ3) is 3.13. The smallest absolute Gasteiger partial charge is 0.140 e. The Morgan fingerprint density at radius 2 is 1.89 bits per heavy atom. The number of ether oxygens (including phenoxy) is 1. The van der Waals surface area contributed by atoms with Crippen LogP contribution in [-0.2, 0) is 13.2 Å². The van der Waals surface area contributed by atoms with Gasteiger partial charge >= 0.3 is 0 Å². The van der Waals surface area contributed by atoms with E-state index in [0.29, 0.717) is 17.9 Å². The lowest BCUT2D eigenvalue weighted by Gasteiger charge is -2.11. The van der Waals surface area contributed by atoms with Crippen LogP contribution in [0.4, 0.5) is 0 Å². The Labute approximate surface area is 115 Å². The molecule has 0 aliphatic carbocycles. The first-order valence-electron chi connectivity index (χ1n) is 5.33. The maximum atomic E-state index is 9.24. The van der Waals surface area contributed by atoms with Crippen LogP contribution in [0, 0.1) is 0 Å². The molecule has 0 fully saturated rings. The van der Waals surface area contributed by atoms with Crippen molar-refractivity contribution in [1.82, 2.24) is 4.98 Å². The summed E-state index contributed by atoms with van der Waals surface area (Å²) in [6, 6.07) is 11.2. The number of hydrogen-bond acceptors (Lipinski definition) is 3. The first kappa shape index (κ1) is 13.1. The SMILES string of the molecule is OCc1c(OCc2ccccc2)cc(Cl)nc1Cl. The Morgan fingerprint density at radius 3 is 2.56 bits per heavy atom. The summed E-state index contributed by atoms with van der Waals surface area (Å²) >= 11 is 11.7. The van der Waals surface area contributed by atoms with E-state index in [1.54, 1.807) is 6.07 Å². The Bertz CT molecular complexity index is 532. The normalized spacial score (nSPS) is 10.4.